The van der Waals surface area contributed by atoms with Crippen molar-refractivity contribution >= 4 is 43.6 Å². The summed E-state index contributed by atoms with van der Waals surface area (Å²) < 4.78 is 1020. The highest BCUT2D eigenvalue weighted by atomic mass is 15.0. The van der Waals surface area contributed by atoms with Gasteiger partial charge in [0.2, 0.25) is 0 Å². The van der Waals surface area contributed by atoms with E-state index in [2.05, 4.69) is 149 Å². The molecular weight excluding hydrogens is 683 g/mol. The average molecular weight is 1130 g/mol. The van der Waals surface area contributed by atoms with Gasteiger partial charge in [-0.15, -0.1) is 0 Å². The molecule has 5 nitrogen and oxygen atoms in total. The number of hydrogen-bond acceptors (Lipinski definition) is 3. The summed E-state index contributed by atoms with van der Waals surface area (Å²) in [4.78, 5) is 15.1. The van der Waals surface area contributed by atoms with Crippen LogP contribution in [-0.4, -0.2) is 24.1 Å². The second kappa shape index (κ2) is 13.0. The van der Waals surface area contributed by atoms with Crippen molar-refractivity contribution in [3.63, 3.8) is 0 Å². The highest BCUT2D eigenvalue weighted by molar-refractivity contribution is 6.12. The van der Waals surface area contributed by atoms with Gasteiger partial charge in [0.15, 0.2) is 17.5 Å². The van der Waals surface area contributed by atoms with Crippen LogP contribution in [0.1, 0.15) is 304 Å². The molecule has 468 valence electrons. The number of fused-ring (bicyclic) bond motifs is 6. The molecule has 0 aliphatic heterocycles. The molecule has 5 heteroatoms. The van der Waals surface area contributed by atoms with Gasteiger partial charge in [0.05, 0.1) is 27.8 Å². The Kier molecular flexibility index (Phi) is 0.983. The minimum Gasteiger partial charge on any atom is -0.309 e. The molecule has 0 aliphatic carbocycles. The van der Waals surface area contributed by atoms with Gasteiger partial charge in [0.1, 0.15) is 0 Å². The van der Waals surface area contributed by atoms with Crippen molar-refractivity contribution in [1.29, 1.82) is 0 Å². The Labute approximate surface area is 639 Å². The first kappa shape index (κ1) is 4.22. The molecule has 0 spiro atoms. The third kappa shape index (κ3) is 5.21. The predicted octanol–water partition coefficient (Wildman–Crippen LogP) is 38.1. The maximum Gasteiger partial charge on any atom is 0.164 e. The Hall–Kier alpha value is -7.63. The van der Waals surface area contributed by atoms with E-state index in [1.54, 1.807) is 0 Å². The lowest BCUT2D eigenvalue weighted by molar-refractivity contribution is 1.07. The van der Waals surface area contributed by atoms with E-state index >= 15 is 0 Å². The topological polar surface area (TPSA) is 48.5 Å². The molecule has 11 aromatic rings. The first-order valence-electron chi connectivity index (χ1n) is 121. The highest BCUT2D eigenvalue weighted by Crippen LogP contribution is 2.40. The van der Waals surface area contributed by atoms with E-state index in [4.69, 9.17) is 318 Å². The molecule has 0 amide bonds. The van der Waals surface area contributed by atoms with Gasteiger partial charge in [-0.25, -0.2) is 15.0 Å². The number of para-hydroxylation sites is 3. The lowest BCUT2D eigenvalue weighted by Gasteiger charge is -2.16. The molecule has 0 atom stereocenters. The molecule has 11 rings (SSSR count). The Morgan fingerprint density at radius 1 is 0.321 bits per heavy atom. The van der Waals surface area contributed by atoms with Crippen LogP contribution in [0.2, 0.25) is 0 Å². The quantitative estimate of drug-likeness (QED) is 0.167. The van der Waals surface area contributed by atoms with Crippen molar-refractivity contribution in [2.45, 2.75) is 0 Å². The van der Waals surface area contributed by atoms with Gasteiger partial charge in [-0.05, 0) is 60.2 Å². The molecule has 0 fully saturated rings. The Morgan fingerprint density at radius 2 is 0.750 bits per heavy atom. The molecule has 0 saturated carbocycles. The molecule has 0 unspecified atom stereocenters. The Balaban J connectivity index is -0.0000000132. The summed E-state index contributed by atoms with van der Waals surface area (Å²) in [7, 11) is 0. The summed E-state index contributed by atoms with van der Waals surface area (Å²) >= 11 is 0. The van der Waals surface area contributed by atoms with E-state index in [0.29, 0.717) is 17.5 Å². The van der Waals surface area contributed by atoms with Crippen LogP contribution < -0.4 is 0 Å². The van der Waals surface area contributed by atoms with Crippen LogP contribution in [0.3, 0.4) is 0 Å². The Bertz CT molecular complexity index is 3320. The van der Waals surface area contributed by atoms with Crippen LogP contribution in [0.5, 0.6) is 0 Å². The molecule has 56 heavy (non-hydrogen) atoms. The van der Waals surface area contributed by atoms with Gasteiger partial charge in [0, 0.05) is 354 Å². The van der Waals surface area contributed by atoms with E-state index in [0.717, 1.165) is 50.2 Å². The standard InChI is InChI=1S/C51H33N5.103H2/c1-4-16-34(17-5-1)42-32-37(51-53-49(35-18-6-2-7-19-35)52-50(54-51)36-20-8-3-9-21-36)28-30-47(42)56-46-27-15-12-24-41(46)43-33-38(29-31-48(43)56)55-44-25-13-10-22-39(44)40-23-11-14-26-45(40)55;;;;;;;;;;;;;;;;;;;;;;;;;;;;;;;;;;;;;;;;;;;;;;;;;;;;;;;;;;;;;;;;;;;;;;;;;;;;;;;;;;;;;;;;;;;;;;;;;;;;;;;/h1-33H;103*1H/i;102*1+1D;1+1. The molecule has 0 aliphatic rings. The second-order valence-electron chi connectivity index (χ2n) is 14.1. The maximum absolute atomic E-state index is 5.07. The summed E-state index contributed by atoms with van der Waals surface area (Å²) in [5.74, 6) is 1.90. The zero-order valence-electron chi connectivity index (χ0n) is 234. The SMILES string of the molecule is [2HH].[2H][2H].[2H][2H].[2H][2H].[2H][2H].[2H][2H].[2H][2H].[2H][2H].[2H][2H].[2H][2H].[2H][2H].[2H][2H].[2H][2H].[2H][2H].[2H][2H].[2H][2H].[2H][2H].[2H][2H].[2H][2H].[2H][2H].[2H][2H].[2H][2H].[2H][2H].[2H][2H].[2H][2H].[2H][2H].[2H][2H].[2H][2H].[2H][2H].[2H][2H].[2H][2H].[2H][2H].[2H][2H].[2H][2H].[2H][2H].[2H][2H].[2H][2H].[2H][2H].[2H][2H].[2H][2H].[2H][2H].[2H][2H].[2H][2H].[2H][2H].[2H][2H].[2H][2H].[2H][2H].[2H][2H].[2H][2H].[2H][2H].[2H][2H].[2H][2H].[2H][2H].[2H][2H].[2H][2H].[2H][2H].[2H][2H].[2H][2H].[2H][2H].[2H][2H].[2H][2H].[2H][2H].[2H][2H].[2H][2H].[2H][2H].[2H][2H].[2H][2H].[2H][2H].[2H][2H].[2H][2H].[2H][2H].[2H][2H].[2H][2H].[2H][2H].[2H][2H].[2H][2H].[2H][2H].[2H][2H].[2H][2H].[2H][2H].[2H][2H].[2H][2H].[2H][2H].[2H][2H].[2H][2H].[2H][2H].[2H][2H].[2H][2H].[2H][2H].[2H][2H].[2H][2H].[2H][2H].[2H][2H].[2H][2H].[2H][2H].[2H][2H].[2H][2H].[2H][2H].[2H][2H].[2H][2H].[2H][2H].[2H][2H].[2H][2H].c1ccc(-c2nc(-c3ccccc3)nc(-c3ccc(-n4c5ccccc5c5cc(-n6c7ccccc7c7ccccc76)ccc54)c(-c4ccccc4)c3)n2)cc1. The molecule has 8 aromatic carbocycles. The van der Waals surface area contributed by atoms with E-state index < -0.39 is 0 Å². The normalized spacial score (nSPS) is 26.1. The first-order valence-corrected chi connectivity index (χ1v) is 18.9. The molecular formula is C51H239N5. The zero-order valence-corrected chi connectivity index (χ0v) is 30.3. The Morgan fingerprint density at radius 3 is 1.30 bits per heavy atom. The minimum absolute atomic E-state index is 0. The van der Waals surface area contributed by atoms with Gasteiger partial charge in [-0.3, -0.25) is 0 Å². The van der Waals surface area contributed by atoms with Crippen molar-refractivity contribution < 1.29 is 304 Å². The van der Waals surface area contributed by atoms with Crippen LogP contribution in [0.4, 0.5) is 0 Å². The zero-order chi connectivity index (χ0) is 241. The highest BCUT2D eigenvalue weighted by Gasteiger charge is 2.20. The summed E-state index contributed by atoms with van der Waals surface area (Å²) in [6.45, 7) is 0. The van der Waals surface area contributed by atoms with E-state index in [1.807, 2.05) is 60.7 Å². The largest absolute Gasteiger partial charge is 0.309 e. The van der Waals surface area contributed by atoms with Crippen molar-refractivity contribution in [3.8, 4) is 56.7 Å². The van der Waals surface area contributed by atoms with Gasteiger partial charge >= 0.3 is 0 Å². The van der Waals surface area contributed by atoms with Gasteiger partial charge in [-0.1, -0.05) is 146 Å². The van der Waals surface area contributed by atoms with Crippen LogP contribution in [0, 0.1) is 0 Å². The second-order valence-corrected chi connectivity index (χ2v) is 14.1. The summed E-state index contributed by atoms with van der Waals surface area (Å²) in [6.07, 6.45) is 0. The van der Waals surface area contributed by atoms with Crippen LogP contribution in [-0.2, 0) is 0 Å². The smallest absolute Gasteiger partial charge is 0.164 e. The third-order valence-electron chi connectivity index (χ3n) is 10.8. The number of hydrogen-bond donors (Lipinski definition) is 0. The summed E-state index contributed by atoms with van der Waals surface area (Å²) in [5.41, 5.74) is 11.9. The molecule has 3 aromatic heterocycles. The lowest BCUT2D eigenvalue weighted by atomic mass is 10.00. The monoisotopic (exact) mass is 1130 g/mol. The fourth-order valence-corrected chi connectivity index (χ4v) is 8.22. The van der Waals surface area contributed by atoms with Crippen LogP contribution in [0.25, 0.3) is 100 Å². The lowest BCUT2D eigenvalue weighted by Crippen LogP contribution is -2.02. The summed E-state index contributed by atoms with van der Waals surface area (Å²) in [6, 6.07) is 70.4. The number of aromatic nitrogens is 5. The van der Waals surface area contributed by atoms with Crippen LogP contribution >= 0.6 is 0 Å². The van der Waals surface area contributed by atoms with Crippen LogP contribution in [0.15, 0.2) is 200 Å². The number of rotatable bonds is 6. The molecule has 0 radical (unpaired) electrons. The maximum atomic E-state index is 5.07. The van der Waals surface area contributed by atoms with Gasteiger partial charge in [-0.2, -0.15) is 0 Å². The first-order chi connectivity index (χ1) is 130. The predicted molar refractivity (Wildman–Crippen MR) is 448 cm³/mol. The number of nitrogens with zero attached hydrogens (tertiary/aromatic N) is 5. The minimum atomic E-state index is 0. The summed E-state index contributed by atoms with van der Waals surface area (Å²) in [5, 5.41) is 4.90. The van der Waals surface area contributed by atoms with Gasteiger partial charge < -0.3 is 9.13 Å². The van der Waals surface area contributed by atoms with E-state index in [-0.39, 0.29) is 1.43 Å². The van der Waals surface area contributed by atoms with Crippen molar-refractivity contribution in [1.82, 2.24) is 24.1 Å². The van der Waals surface area contributed by atoms with Gasteiger partial charge in [0.25, 0.3) is 0 Å². The van der Waals surface area contributed by atoms with E-state index in [1.165, 1.54) is 32.6 Å². The van der Waals surface area contributed by atoms with Crippen molar-refractivity contribution in [3.05, 3.63) is 200 Å². The molecule has 0 saturated heterocycles. The fourth-order valence-electron chi connectivity index (χ4n) is 8.22. The third-order valence-corrected chi connectivity index (χ3v) is 10.8. The molecule has 0 N–H and O–H groups in total. The average Bonchev–Trinajstić information content (AvgIpc) is 1.57. The molecule has 0 bridgehead atoms. The fraction of sp³-hybridized carbons (Fsp3) is 0. The van der Waals surface area contributed by atoms with Crippen molar-refractivity contribution in [2.24, 2.45) is 0 Å². The number of benzene rings is 8. The molecule has 3 heterocycles. The van der Waals surface area contributed by atoms with Crippen molar-refractivity contribution in [2.75, 3.05) is 0 Å². The van der Waals surface area contributed by atoms with E-state index in [9.17, 15) is 0 Å².